The Bertz CT molecular complexity index is 384. The highest BCUT2D eigenvalue weighted by atomic mass is 32.2. The molecule has 1 aliphatic rings. The zero-order valence-electron chi connectivity index (χ0n) is 10.9. The molecule has 2 atom stereocenters. The second kappa shape index (κ2) is 5.03. The first-order valence-electron chi connectivity index (χ1n) is 6.38. The van der Waals surface area contributed by atoms with Crippen molar-refractivity contribution in [1.29, 1.82) is 0 Å². The average Bonchev–Trinajstić information content (AvgIpc) is 2.59. The molecule has 94 valence electrons. The largest absolute Gasteiger partial charge is 0.393 e. The van der Waals surface area contributed by atoms with Crippen molar-refractivity contribution in [3.05, 3.63) is 29.8 Å². The average molecular weight is 250 g/mol. The predicted octanol–water partition coefficient (Wildman–Crippen LogP) is 4.06. The minimum absolute atomic E-state index is 0.200. The first-order valence-corrected chi connectivity index (χ1v) is 7.36. The highest BCUT2D eigenvalue weighted by Gasteiger charge is 2.30. The van der Waals surface area contributed by atoms with Crippen LogP contribution in [0.5, 0.6) is 0 Å². The molecule has 0 amide bonds. The van der Waals surface area contributed by atoms with Crippen molar-refractivity contribution < 1.29 is 5.11 Å². The van der Waals surface area contributed by atoms with Crippen LogP contribution in [0.1, 0.15) is 45.1 Å². The van der Waals surface area contributed by atoms with Gasteiger partial charge in [-0.2, -0.15) is 0 Å². The number of thioether (sulfide) groups is 1. The summed E-state index contributed by atoms with van der Waals surface area (Å²) in [6.45, 7) is 6.43. The Kier molecular flexibility index (Phi) is 3.84. The van der Waals surface area contributed by atoms with E-state index in [1.54, 1.807) is 0 Å². The number of rotatable bonds is 4. The maximum atomic E-state index is 9.55. The third-order valence-corrected chi connectivity index (χ3v) is 4.70. The van der Waals surface area contributed by atoms with Gasteiger partial charge in [-0.15, -0.1) is 11.8 Å². The fourth-order valence-corrected chi connectivity index (χ4v) is 4.20. The molecule has 1 aromatic rings. The van der Waals surface area contributed by atoms with E-state index in [2.05, 4.69) is 38.1 Å². The van der Waals surface area contributed by atoms with E-state index in [1.807, 2.05) is 18.7 Å². The lowest BCUT2D eigenvalue weighted by Gasteiger charge is -2.29. The lowest BCUT2D eigenvalue weighted by molar-refractivity contribution is 0.121. The molecule has 1 aromatic carbocycles. The molecule has 2 heteroatoms. The van der Waals surface area contributed by atoms with Gasteiger partial charge in [0.15, 0.2) is 0 Å². The van der Waals surface area contributed by atoms with Crippen LogP contribution >= 0.6 is 11.8 Å². The van der Waals surface area contributed by atoms with E-state index in [0.717, 1.165) is 6.42 Å². The second-order valence-electron chi connectivity index (χ2n) is 5.97. The first-order chi connectivity index (χ1) is 7.98. The Morgan fingerprint density at radius 1 is 1.41 bits per heavy atom. The van der Waals surface area contributed by atoms with Crippen molar-refractivity contribution >= 4 is 11.8 Å². The summed E-state index contributed by atoms with van der Waals surface area (Å²) in [6, 6.07) is 8.74. The van der Waals surface area contributed by atoms with E-state index in [1.165, 1.54) is 22.6 Å². The Labute approximate surface area is 109 Å². The lowest BCUT2D eigenvalue weighted by Crippen LogP contribution is -2.21. The van der Waals surface area contributed by atoms with E-state index in [0.29, 0.717) is 5.92 Å². The zero-order chi connectivity index (χ0) is 12.5. The molecule has 0 radical (unpaired) electrons. The normalized spacial score (nSPS) is 21.3. The standard InChI is InChI=1S/C15H22OS/c1-11(16)8-15(2,3)9-12-10-17-14-7-5-4-6-13(12)14/h4-7,11-12,16H,8-10H2,1-3H3. The molecular formula is C15H22OS. The van der Waals surface area contributed by atoms with Crippen LogP contribution in [0.25, 0.3) is 0 Å². The summed E-state index contributed by atoms with van der Waals surface area (Å²) in [5.41, 5.74) is 1.73. The van der Waals surface area contributed by atoms with Gasteiger partial charge >= 0.3 is 0 Å². The van der Waals surface area contributed by atoms with Crippen LogP contribution in [0.4, 0.5) is 0 Å². The van der Waals surface area contributed by atoms with Gasteiger partial charge in [0.05, 0.1) is 6.10 Å². The minimum Gasteiger partial charge on any atom is -0.393 e. The van der Waals surface area contributed by atoms with Crippen LogP contribution < -0.4 is 0 Å². The molecule has 0 aromatic heterocycles. The summed E-state index contributed by atoms with van der Waals surface area (Å²) in [6.07, 6.45) is 1.85. The predicted molar refractivity (Wildman–Crippen MR) is 74.6 cm³/mol. The van der Waals surface area contributed by atoms with Crippen molar-refractivity contribution in [2.45, 2.75) is 50.5 Å². The summed E-state index contributed by atoms with van der Waals surface area (Å²) in [7, 11) is 0. The number of hydrogen-bond donors (Lipinski definition) is 1. The van der Waals surface area contributed by atoms with E-state index in [9.17, 15) is 5.11 Å². The highest BCUT2D eigenvalue weighted by molar-refractivity contribution is 7.99. The third kappa shape index (κ3) is 3.26. The van der Waals surface area contributed by atoms with Gasteiger partial charge in [-0.25, -0.2) is 0 Å². The van der Waals surface area contributed by atoms with Crippen molar-refractivity contribution in [1.82, 2.24) is 0 Å². The van der Waals surface area contributed by atoms with Crippen LogP contribution in [0.2, 0.25) is 0 Å². The van der Waals surface area contributed by atoms with Crippen LogP contribution in [0, 0.1) is 5.41 Å². The van der Waals surface area contributed by atoms with Gasteiger partial charge in [-0.3, -0.25) is 0 Å². The molecule has 1 heterocycles. The molecule has 1 aliphatic heterocycles. The molecule has 0 spiro atoms. The van der Waals surface area contributed by atoms with E-state index in [-0.39, 0.29) is 11.5 Å². The van der Waals surface area contributed by atoms with Crippen molar-refractivity contribution in [3.8, 4) is 0 Å². The maximum absolute atomic E-state index is 9.55. The summed E-state index contributed by atoms with van der Waals surface area (Å²) < 4.78 is 0. The van der Waals surface area contributed by atoms with E-state index >= 15 is 0 Å². The third-order valence-electron chi connectivity index (χ3n) is 3.45. The zero-order valence-corrected chi connectivity index (χ0v) is 11.8. The Morgan fingerprint density at radius 2 is 2.12 bits per heavy atom. The van der Waals surface area contributed by atoms with Gasteiger partial charge in [-0.1, -0.05) is 32.0 Å². The molecule has 0 saturated carbocycles. The molecule has 2 rings (SSSR count). The lowest BCUT2D eigenvalue weighted by atomic mass is 9.77. The molecule has 17 heavy (non-hydrogen) atoms. The van der Waals surface area contributed by atoms with Crippen LogP contribution in [0.15, 0.2) is 29.2 Å². The molecule has 0 bridgehead atoms. The fourth-order valence-electron chi connectivity index (χ4n) is 2.95. The van der Waals surface area contributed by atoms with Crippen LogP contribution in [-0.2, 0) is 0 Å². The first kappa shape index (κ1) is 13.0. The van der Waals surface area contributed by atoms with Crippen molar-refractivity contribution in [2.24, 2.45) is 5.41 Å². The molecule has 0 aliphatic carbocycles. The van der Waals surface area contributed by atoms with Crippen molar-refractivity contribution in [3.63, 3.8) is 0 Å². The molecule has 1 N–H and O–H groups in total. The van der Waals surface area contributed by atoms with Gasteiger partial charge < -0.3 is 5.11 Å². The summed E-state index contributed by atoms with van der Waals surface area (Å²) >= 11 is 1.97. The molecule has 1 nitrogen and oxygen atoms in total. The molecule has 0 saturated heterocycles. The molecular weight excluding hydrogens is 228 g/mol. The summed E-state index contributed by atoms with van der Waals surface area (Å²) in [5.74, 6) is 1.85. The number of hydrogen-bond acceptors (Lipinski definition) is 2. The van der Waals surface area contributed by atoms with Gasteiger partial charge in [0, 0.05) is 10.6 Å². The van der Waals surface area contributed by atoms with Crippen molar-refractivity contribution in [2.75, 3.05) is 5.75 Å². The monoisotopic (exact) mass is 250 g/mol. The summed E-state index contributed by atoms with van der Waals surface area (Å²) in [5, 5.41) is 9.55. The van der Waals surface area contributed by atoms with E-state index in [4.69, 9.17) is 0 Å². The second-order valence-corrected chi connectivity index (χ2v) is 7.03. The number of aliphatic hydroxyl groups excluding tert-OH is 1. The Hall–Kier alpha value is -0.470. The SMILES string of the molecule is CC(O)CC(C)(C)CC1CSc2ccccc21. The molecule has 2 unspecified atom stereocenters. The van der Waals surface area contributed by atoms with Crippen LogP contribution in [-0.4, -0.2) is 17.0 Å². The van der Waals surface area contributed by atoms with Gasteiger partial charge in [0.25, 0.3) is 0 Å². The smallest absolute Gasteiger partial charge is 0.0517 e. The quantitative estimate of drug-likeness (QED) is 0.869. The topological polar surface area (TPSA) is 20.2 Å². The highest BCUT2D eigenvalue weighted by Crippen LogP contribution is 2.45. The fraction of sp³-hybridized carbons (Fsp3) is 0.600. The van der Waals surface area contributed by atoms with Gasteiger partial charge in [-0.05, 0) is 42.7 Å². The number of aliphatic hydroxyl groups is 1. The Morgan fingerprint density at radius 3 is 2.82 bits per heavy atom. The van der Waals surface area contributed by atoms with Gasteiger partial charge in [0.2, 0.25) is 0 Å². The maximum Gasteiger partial charge on any atom is 0.0517 e. The number of fused-ring (bicyclic) bond motifs is 1. The number of benzene rings is 1. The van der Waals surface area contributed by atoms with Gasteiger partial charge in [0.1, 0.15) is 0 Å². The minimum atomic E-state index is -0.200. The van der Waals surface area contributed by atoms with Crippen LogP contribution in [0.3, 0.4) is 0 Å². The van der Waals surface area contributed by atoms with E-state index < -0.39 is 0 Å². The molecule has 0 fully saturated rings. The summed E-state index contributed by atoms with van der Waals surface area (Å²) in [4.78, 5) is 1.45. The Balaban J connectivity index is 2.06.